The summed E-state index contributed by atoms with van der Waals surface area (Å²) in [5, 5.41) is 17.0. The van der Waals surface area contributed by atoms with Crippen molar-refractivity contribution in [3.05, 3.63) is 18.2 Å². The van der Waals surface area contributed by atoms with Crippen LogP contribution in [0, 0.1) is 0 Å². The first kappa shape index (κ1) is 10.0. The molecular formula is C8H14N4O. The summed E-state index contributed by atoms with van der Waals surface area (Å²) in [7, 11) is 3.81. The average molecular weight is 182 g/mol. The van der Waals surface area contributed by atoms with Crippen molar-refractivity contribution in [3.8, 4) is 0 Å². The van der Waals surface area contributed by atoms with Crippen LogP contribution >= 0.6 is 0 Å². The summed E-state index contributed by atoms with van der Waals surface area (Å²) in [5.74, 6) is 0. The van der Waals surface area contributed by atoms with Crippen LogP contribution in [-0.4, -0.2) is 45.3 Å². The van der Waals surface area contributed by atoms with Gasteiger partial charge in [-0.15, -0.1) is 5.10 Å². The summed E-state index contributed by atoms with van der Waals surface area (Å²) in [4.78, 5) is 5.86. The number of rotatable bonds is 3. The summed E-state index contributed by atoms with van der Waals surface area (Å²) in [6, 6.07) is 0.0108. The molecule has 0 aromatic carbocycles. The van der Waals surface area contributed by atoms with Gasteiger partial charge in [0.05, 0.1) is 11.9 Å². The normalized spacial score (nSPS) is 15.8. The molecule has 72 valence electrons. The molecule has 2 atom stereocenters. The van der Waals surface area contributed by atoms with Crippen LogP contribution in [0.5, 0.6) is 0 Å². The molecule has 0 saturated heterocycles. The van der Waals surface area contributed by atoms with Gasteiger partial charge >= 0.3 is 0 Å². The smallest absolute Gasteiger partial charge is 0.138 e. The number of aliphatic hydroxyl groups is 1. The number of aliphatic hydroxyl groups excluding tert-OH is 1. The van der Waals surface area contributed by atoms with E-state index in [1.54, 1.807) is 0 Å². The Hall–Kier alpha value is -1.07. The fourth-order valence-corrected chi connectivity index (χ4v) is 0.930. The Kier molecular flexibility index (Phi) is 3.27. The maximum Gasteiger partial charge on any atom is 0.138 e. The standard InChI is InChI=1S/C8H14N4O/c1-6(12(2)3)8(13)7-4-10-11-5-9-7/h4-6,8,13H,1-3H3. The van der Waals surface area contributed by atoms with E-state index in [4.69, 9.17) is 0 Å². The lowest BCUT2D eigenvalue weighted by molar-refractivity contribution is 0.0818. The summed E-state index contributed by atoms with van der Waals surface area (Å²) < 4.78 is 0. The zero-order chi connectivity index (χ0) is 9.84. The van der Waals surface area contributed by atoms with Crippen LogP contribution in [0.3, 0.4) is 0 Å². The second-order valence-corrected chi connectivity index (χ2v) is 3.18. The molecule has 0 aliphatic carbocycles. The molecule has 0 aliphatic rings. The highest BCUT2D eigenvalue weighted by Gasteiger charge is 2.19. The lowest BCUT2D eigenvalue weighted by Crippen LogP contribution is -2.31. The van der Waals surface area contributed by atoms with Gasteiger partial charge in [-0.3, -0.25) is 0 Å². The predicted octanol–water partition coefficient (Wildman–Crippen LogP) is -0.145. The lowest BCUT2D eigenvalue weighted by Gasteiger charge is -2.24. The van der Waals surface area contributed by atoms with Gasteiger partial charge in [-0.1, -0.05) is 0 Å². The van der Waals surface area contributed by atoms with Crippen molar-refractivity contribution in [1.29, 1.82) is 0 Å². The predicted molar refractivity (Wildman–Crippen MR) is 47.9 cm³/mol. The third-order valence-electron chi connectivity index (χ3n) is 2.09. The first-order chi connectivity index (χ1) is 6.13. The first-order valence-electron chi connectivity index (χ1n) is 4.10. The Bertz CT molecular complexity index is 252. The zero-order valence-electron chi connectivity index (χ0n) is 8.05. The molecule has 5 heteroatoms. The second-order valence-electron chi connectivity index (χ2n) is 3.18. The van der Waals surface area contributed by atoms with Gasteiger partial charge in [-0.25, -0.2) is 4.98 Å². The van der Waals surface area contributed by atoms with Crippen molar-refractivity contribution in [2.45, 2.75) is 19.1 Å². The van der Waals surface area contributed by atoms with E-state index in [0.29, 0.717) is 5.69 Å². The molecule has 13 heavy (non-hydrogen) atoms. The van der Waals surface area contributed by atoms with Crippen LogP contribution in [0.15, 0.2) is 12.5 Å². The van der Waals surface area contributed by atoms with Crippen molar-refractivity contribution in [3.63, 3.8) is 0 Å². The van der Waals surface area contributed by atoms with Crippen molar-refractivity contribution >= 4 is 0 Å². The van der Waals surface area contributed by atoms with Crippen molar-refractivity contribution in [2.24, 2.45) is 0 Å². The molecule has 1 aromatic heterocycles. The lowest BCUT2D eigenvalue weighted by atomic mass is 10.1. The summed E-state index contributed by atoms with van der Waals surface area (Å²) in [6.07, 6.45) is 2.19. The number of nitrogens with zero attached hydrogens (tertiary/aromatic N) is 4. The maximum absolute atomic E-state index is 9.79. The van der Waals surface area contributed by atoms with Gasteiger partial charge in [0.2, 0.25) is 0 Å². The van der Waals surface area contributed by atoms with Crippen molar-refractivity contribution in [1.82, 2.24) is 20.1 Å². The van der Waals surface area contributed by atoms with Gasteiger partial charge in [-0.05, 0) is 21.0 Å². The Morgan fingerprint density at radius 3 is 2.54 bits per heavy atom. The molecule has 0 aliphatic heterocycles. The maximum atomic E-state index is 9.79. The molecule has 0 saturated carbocycles. The SMILES string of the molecule is CC(C(O)c1cnncn1)N(C)C. The third-order valence-corrected chi connectivity index (χ3v) is 2.09. The number of hydrogen-bond acceptors (Lipinski definition) is 5. The van der Waals surface area contributed by atoms with Gasteiger partial charge in [-0.2, -0.15) is 5.10 Å². The molecule has 1 rings (SSSR count). The van der Waals surface area contributed by atoms with E-state index in [-0.39, 0.29) is 6.04 Å². The largest absolute Gasteiger partial charge is 0.385 e. The Morgan fingerprint density at radius 1 is 1.38 bits per heavy atom. The average Bonchev–Trinajstić information content (AvgIpc) is 2.17. The molecule has 5 nitrogen and oxygen atoms in total. The molecule has 0 amide bonds. The second kappa shape index (κ2) is 4.25. The van der Waals surface area contributed by atoms with E-state index in [9.17, 15) is 5.11 Å². The van der Waals surface area contributed by atoms with E-state index in [2.05, 4.69) is 15.2 Å². The van der Waals surface area contributed by atoms with E-state index in [0.717, 1.165) is 0 Å². The molecule has 1 aromatic rings. The molecular weight excluding hydrogens is 168 g/mol. The van der Waals surface area contributed by atoms with Gasteiger partial charge < -0.3 is 10.0 Å². The third kappa shape index (κ3) is 2.43. The van der Waals surface area contributed by atoms with E-state index in [1.165, 1.54) is 12.5 Å². The fourth-order valence-electron chi connectivity index (χ4n) is 0.930. The van der Waals surface area contributed by atoms with Crippen LogP contribution in [-0.2, 0) is 0 Å². The number of likely N-dealkylation sites (N-methyl/N-ethyl adjacent to an activating group) is 1. The highest BCUT2D eigenvalue weighted by Crippen LogP contribution is 2.15. The summed E-state index contributed by atoms with van der Waals surface area (Å²) in [6.45, 7) is 1.92. The van der Waals surface area contributed by atoms with Crippen LogP contribution < -0.4 is 0 Å². The minimum absolute atomic E-state index is 0.0108. The highest BCUT2D eigenvalue weighted by atomic mass is 16.3. The molecule has 0 spiro atoms. The van der Waals surface area contributed by atoms with Crippen LogP contribution in [0.25, 0.3) is 0 Å². The number of hydrogen-bond donors (Lipinski definition) is 1. The summed E-state index contributed by atoms with van der Waals surface area (Å²) in [5.41, 5.74) is 0.552. The summed E-state index contributed by atoms with van der Waals surface area (Å²) >= 11 is 0. The van der Waals surface area contributed by atoms with Crippen molar-refractivity contribution in [2.75, 3.05) is 14.1 Å². The monoisotopic (exact) mass is 182 g/mol. The molecule has 0 radical (unpaired) electrons. The van der Waals surface area contributed by atoms with E-state index < -0.39 is 6.10 Å². The molecule has 0 fully saturated rings. The van der Waals surface area contributed by atoms with Crippen molar-refractivity contribution < 1.29 is 5.11 Å². The Morgan fingerprint density at radius 2 is 2.08 bits per heavy atom. The number of aromatic nitrogens is 3. The van der Waals surface area contributed by atoms with Crippen LogP contribution in [0.1, 0.15) is 18.7 Å². The van der Waals surface area contributed by atoms with Gasteiger partial charge in [0, 0.05) is 6.04 Å². The topological polar surface area (TPSA) is 62.1 Å². The molecule has 2 unspecified atom stereocenters. The Balaban J connectivity index is 2.73. The van der Waals surface area contributed by atoms with Gasteiger partial charge in [0.1, 0.15) is 12.4 Å². The first-order valence-corrected chi connectivity index (χ1v) is 4.10. The minimum atomic E-state index is -0.620. The molecule has 1 N–H and O–H groups in total. The van der Waals surface area contributed by atoms with E-state index >= 15 is 0 Å². The molecule has 1 heterocycles. The minimum Gasteiger partial charge on any atom is -0.385 e. The van der Waals surface area contributed by atoms with E-state index in [1.807, 2.05) is 25.9 Å². The van der Waals surface area contributed by atoms with Crippen LogP contribution in [0.4, 0.5) is 0 Å². The molecule has 0 bridgehead atoms. The van der Waals surface area contributed by atoms with Gasteiger partial charge in [0.15, 0.2) is 0 Å². The quantitative estimate of drug-likeness (QED) is 0.704. The zero-order valence-corrected chi connectivity index (χ0v) is 8.05. The Labute approximate surface area is 77.4 Å². The fraction of sp³-hybridized carbons (Fsp3) is 0.625. The van der Waals surface area contributed by atoms with Crippen LogP contribution in [0.2, 0.25) is 0 Å². The van der Waals surface area contributed by atoms with Gasteiger partial charge in [0.25, 0.3) is 0 Å². The highest BCUT2D eigenvalue weighted by molar-refractivity contribution is 4.99.